The number of hydrogen-bond acceptors (Lipinski definition) is 5. The van der Waals surface area contributed by atoms with Crippen LogP contribution in [0.3, 0.4) is 0 Å². The van der Waals surface area contributed by atoms with Crippen LogP contribution in [0.2, 0.25) is 0 Å². The number of amides is 1. The van der Waals surface area contributed by atoms with E-state index in [1.54, 1.807) is 30.2 Å². The second kappa shape index (κ2) is 7.27. The fourth-order valence-electron chi connectivity index (χ4n) is 2.36. The van der Waals surface area contributed by atoms with E-state index in [0.29, 0.717) is 11.3 Å². The zero-order chi connectivity index (χ0) is 16.9. The van der Waals surface area contributed by atoms with Gasteiger partial charge in [-0.3, -0.25) is 9.78 Å². The normalized spacial score (nSPS) is 10.7. The monoisotopic (exact) mass is 339 g/mol. The van der Waals surface area contributed by atoms with Crippen LogP contribution >= 0.6 is 11.8 Å². The number of nitrogens with two attached hydrogens (primary N) is 1. The number of benzene rings is 1. The van der Waals surface area contributed by atoms with Crippen LogP contribution in [0.25, 0.3) is 11.4 Å². The molecule has 0 aliphatic carbocycles. The van der Waals surface area contributed by atoms with Crippen LogP contribution in [0.5, 0.6) is 0 Å². The predicted molar refractivity (Wildman–Crippen MR) is 93.4 cm³/mol. The molecule has 2 N–H and O–H groups in total. The summed E-state index contributed by atoms with van der Waals surface area (Å²) in [6, 6.07) is 11.2. The first-order valence-corrected chi connectivity index (χ1v) is 8.52. The second-order valence-electron chi connectivity index (χ2n) is 5.14. The first-order chi connectivity index (χ1) is 11.7. The van der Waals surface area contributed by atoms with E-state index in [4.69, 9.17) is 5.73 Å². The second-order valence-corrected chi connectivity index (χ2v) is 6.08. The molecule has 3 aromatic rings. The predicted octanol–water partition coefficient (Wildman–Crippen LogP) is 2.75. The molecule has 1 aromatic carbocycles. The van der Waals surface area contributed by atoms with Crippen molar-refractivity contribution in [2.75, 3.05) is 0 Å². The van der Waals surface area contributed by atoms with Gasteiger partial charge >= 0.3 is 0 Å². The molecule has 0 spiro atoms. The van der Waals surface area contributed by atoms with E-state index in [9.17, 15) is 4.79 Å². The van der Waals surface area contributed by atoms with E-state index in [-0.39, 0.29) is 0 Å². The van der Waals surface area contributed by atoms with Gasteiger partial charge in [-0.05, 0) is 36.8 Å². The summed E-state index contributed by atoms with van der Waals surface area (Å²) in [6.07, 6.45) is 3.48. The maximum Gasteiger partial charge on any atom is 0.248 e. The minimum atomic E-state index is -0.418. The van der Waals surface area contributed by atoms with Gasteiger partial charge in [-0.15, -0.1) is 10.2 Å². The molecule has 0 bridgehead atoms. The zero-order valence-electron chi connectivity index (χ0n) is 13.2. The summed E-state index contributed by atoms with van der Waals surface area (Å²) in [5.41, 5.74) is 7.85. The van der Waals surface area contributed by atoms with Gasteiger partial charge in [0.05, 0.1) is 0 Å². The summed E-state index contributed by atoms with van der Waals surface area (Å²) in [7, 11) is 0. The number of thioether (sulfide) groups is 1. The minimum absolute atomic E-state index is 0.418. The highest BCUT2D eigenvalue weighted by molar-refractivity contribution is 7.98. The van der Waals surface area contributed by atoms with Crippen LogP contribution in [0.1, 0.15) is 22.8 Å². The van der Waals surface area contributed by atoms with Crippen LogP contribution in [0.15, 0.2) is 53.9 Å². The minimum Gasteiger partial charge on any atom is -0.366 e. The van der Waals surface area contributed by atoms with E-state index in [1.807, 2.05) is 30.3 Å². The molecule has 0 aliphatic rings. The summed E-state index contributed by atoms with van der Waals surface area (Å²) in [6.45, 7) is 2.83. The summed E-state index contributed by atoms with van der Waals surface area (Å²) < 4.78 is 2.07. The zero-order valence-corrected chi connectivity index (χ0v) is 14.0. The molecule has 6 nitrogen and oxygen atoms in total. The average molecular weight is 339 g/mol. The van der Waals surface area contributed by atoms with E-state index in [1.165, 1.54) is 0 Å². The first-order valence-electron chi connectivity index (χ1n) is 7.54. The molecule has 2 aromatic heterocycles. The van der Waals surface area contributed by atoms with Gasteiger partial charge in [0.1, 0.15) is 0 Å². The summed E-state index contributed by atoms with van der Waals surface area (Å²) in [5, 5.41) is 9.45. The third-order valence-corrected chi connectivity index (χ3v) is 4.59. The SMILES string of the molecule is CCn1c(SCc2cccc(C(N)=O)c2)nnc1-c1ccncc1. The van der Waals surface area contributed by atoms with Gasteiger partial charge in [0.15, 0.2) is 11.0 Å². The third-order valence-electron chi connectivity index (χ3n) is 3.55. The molecule has 0 saturated heterocycles. The lowest BCUT2D eigenvalue weighted by molar-refractivity contribution is 0.1000. The van der Waals surface area contributed by atoms with Gasteiger partial charge in [0, 0.05) is 35.8 Å². The molecule has 0 fully saturated rings. The third kappa shape index (κ3) is 3.46. The quantitative estimate of drug-likeness (QED) is 0.698. The molecule has 1 amide bonds. The Morgan fingerprint density at radius 3 is 2.71 bits per heavy atom. The number of aromatic nitrogens is 4. The highest BCUT2D eigenvalue weighted by Gasteiger charge is 2.13. The highest BCUT2D eigenvalue weighted by Crippen LogP contribution is 2.26. The average Bonchev–Trinajstić information content (AvgIpc) is 3.04. The fourth-order valence-corrected chi connectivity index (χ4v) is 3.30. The molecule has 0 saturated carbocycles. The van der Waals surface area contributed by atoms with Gasteiger partial charge in [-0.25, -0.2) is 0 Å². The Morgan fingerprint density at radius 2 is 2.00 bits per heavy atom. The van der Waals surface area contributed by atoms with Crippen molar-refractivity contribution in [2.45, 2.75) is 24.4 Å². The summed E-state index contributed by atoms with van der Waals surface area (Å²) >= 11 is 1.58. The molecule has 2 heterocycles. The number of nitrogens with zero attached hydrogens (tertiary/aromatic N) is 4. The molecule has 0 atom stereocenters. The van der Waals surface area contributed by atoms with Crippen molar-refractivity contribution < 1.29 is 4.79 Å². The Kier molecular flexibility index (Phi) is 4.90. The molecule has 0 unspecified atom stereocenters. The molecular weight excluding hydrogens is 322 g/mol. The number of carbonyl (C=O) groups is 1. The lowest BCUT2D eigenvalue weighted by Gasteiger charge is -2.07. The molecule has 7 heteroatoms. The van der Waals surface area contributed by atoms with Crippen LogP contribution in [0, 0.1) is 0 Å². The maximum atomic E-state index is 11.3. The Bertz CT molecular complexity index is 847. The van der Waals surface area contributed by atoms with Crippen LogP contribution < -0.4 is 5.73 Å². The lowest BCUT2D eigenvalue weighted by Crippen LogP contribution is -2.10. The molecule has 3 rings (SSSR count). The molecule has 24 heavy (non-hydrogen) atoms. The van der Waals surface area contributed by atoms with E-state index in [0.717, 1.165) is 28.7 Å². The van der Waals surface area contributed by atoms with Crippen molar-refractivity contribution in [3.8, 4) is 11.4 Å². The smallest absolute Gasteiger partial charge is 0.248 e. The van der Waals surface area contributed by atoms with Crippen LogP contribution in [-0.2, 0) is 12.3 Å². The number of rotatable bonds is 6. The van der Waals surface area contributed by atoms with Crippen molar-refractivity contribution in [3.05, 3.63) is 59.9 Å². The van der Waals surface area contributed by atoms with Gasteiger partial charge < -0.3 is 10.3 Å². The summed E-state index contributed by atoms with van der Waals surface area (Å²) in [5.74, 6) is 1.10. The van der Waals surface area contributed by atoms with E-state index in [2.05, 4.69) is 26.7 Å². The largest absolute Gasteiger partial charge is 0.366 e. The Morgan fingerprint density at radius 1 is 1.21 bits per heavy atom. The first kappa shape index (κ1) is 16.2. The molecule has 122 valence electrons. The number of pyridine rings is 1. The number of primary amides is 1. The van der Waals surface area contributed by atoms with Crippen molar-refractivity contribution in [1.29, 1.82) is 0 Å². The van der Waals surface area contributed by atoms with Gasteiger partial charge in [-0.2, -0.15) is 0 Å². The van der Waals surface area contributed by atoms with Gasteiger partial charge in [0.2, 0.25) is 5.91 Å². The molecule has 0 aliphatic heterocycles. The Labute approximate surface area is 144 Å². The van der Waals surface area contributed by atoms with Gasteiger partial charge in [0.25, 0.3) is 0 Å². The lowest BCUT2D eigenvalue weighted by atomic mass is 10.1. The summed E-state index contributed by atoms with van der Waals surface area (Å²) in [4.78, 5) is 15.3. The topological polar surface area (TPSA) is 86.7 Å². The van der Waals surface area contributed by atoms with Crippen molar-refractivity contribution in [3.63, 3.8) is 0 Å². The number of hydrogen-bond donors (Lipinski definition) is 1. The van der Waals surface area contributed by atoms with E-state index < -0.39 is 5.91 Å². The van der Waals surface area contributed by atoms with E-state index >= 15 is 0 Å². The van der Waals surface area contributed by atoms with Crippen LogP contribution in [-0.4, -0.2) is 25.7 Å². The Balaban J connectivity index is 1.80. The molecular formula is C17H17N5OS. The maximum absolute atomic E-state index is 11.3. The molecule has 0 radical (unpaired) electrons. The van der Waals surface area contributed by atoms with Crippen molar-refractivity contribution >= 4 is 17.7 Å². The van der Waals surface area contributed by atoms with Crippen molar-refractivity contribution in [1.82, 2.24) is 19.7 Å². The fraction of sp³-hybridized carbons (Fsp3) is 0.176. The van der Waals surface area contributed by atoms with Crippen LogP contribution in [0.4, 0.5) is 0 Å². The van der Waals surface area contributed by atoms with Crippen molar-refractivity contribution in [2.24, 2.45) is 5.73 Å². The highest BCUT2D eigenvalue weighted by atomic mass is 32.2. The Hall–Kier alpha value is -2.67. The van der Waals surface area contributed by atoms with Gasteiger partial charge in [-0.1, -0.05) is 23.9 Å². The standard InChI is InChI=1S/C17H17N5OS/c1-2-22-16(13-6-8-19-9-7-13)20-21-17(22)24-11-12-4-3-5-14(10-12)15(18)23/h3-10H,2,11H2,1H3,(H2,18,23). The number of carbonyl (C=O) groups excluding carboxylic acids is 1.